The van der Waals surface area contributed by atoms with Crippen LogP contribution in [0.4, 0.5) is 10.5 Å². The van der Waals surface area contributed by atoms with Gasteiger partial charge in [0.25, 0.3) is 10.0 Å². The predicted octanol–water partition coefficient (Wildman–Crippen LogP) is 3.06. The Morgan fingerprint density at radius 2 is 1.72 bits per heavy atom. The number of amides is 2. The number of fused-ring (bicyclic) bond motifs is 3. The molecule has 0 aliphatic heterocycles. The number of benzene rings is 2. The molecule has 2 aliphatic carbocycles. The van der Waals surface area contributed by atoms with Crippen molar-refractivity contribution in [2.75, 3.05) is 5.32 Å². The lowest BCUT2D eigenvalue weighted by molar-refractivity contribution is 0.256. The van der Waals surface area contributed by atoms with E-state index in [4.69, 9.17) is 0 Å². The molecule has 0 bridgehead atoms. The molecule has 0 spiro atoms. The molecule has 0 atom stereocenters. The summed E-state index contributed by atoms with van der Waals surface area (Å²) in [5.74, 6) is 0. The summed E-state index contributed by atoms with van der Waals surface area (Å²) in [5.41, 5.74) is 6.40. The largest absolute Gasteiger partial charge is 0.333 e. The number of nitrogens with zero attached hydrogens (tertiary/aromatic N) is 2. The van der Waals surface area contributed by atoms with Crippen LogP contribution in [0.25, 0.3) is 10.9 Å². The Hall–Kier alpha value is -2.87. The first-order valence-corrected chi connectivity index (χ1v) is 11.3. The molecule has 8 heteroatoms. The van der Waals surface area contributed by atoms with E-state index in [1.807, 2.05) is 0 Å². The smallest absolute Gasteiger partial charge is 0.307 e. The SMILES string of the molecule is Cn1ncc2ccc(S(=O)(=O)NC(=O)Nc3c4c(cc5c3CCC5)CCC4)cc21. The second kappa shape index (κ2) is 6.59. The number of urea groups is 1. The first kappa shape index (κ1) is 18.2. The van der Waals surface area contributed by atoms with Gasteiger partial charge in [-0.1, -0.05) is 6.07 Å². The molecule has 2 aliphatic rings. The molecule has 0 saturated carbocycles. The van der Waals surface area contributed by atoms with Gasteiger partial charge in [-0.05, 0) is 79.0 Å². The van der Waals surface area contributed by atoms with E-state index in [2.05, 4.69) is 21.2 Å². The fourth-order valence-electron chi connectivity index (χ4n) is 4.58. The highest BCUT2D eigenvalue weighted by atomic mass is 32.2. The number of anilines is 1. The van der Waals surface area contributed by atoms with Crippen LogP contribution >= 0.6 is 0 Å². The molecule has 1 aromatic heterocycles. The average Bonchev–Trinajstić information content (AvgIpc) is 3.41. The zero-order valence-electron chi connectivity index (χ0n) is 16.2. The fraction of sp³-hybridized carbons (Fsp3) is 0.333. The van der Waals surface area contributed by atoms with Crippen molar-refractivity contribution in [1.29, 1.82) is 0 Å². The summed E-state index contributed by atoms with van der Waals surface area (Å²) in [4.78, 5) is 12.7. The van der Waals surface area contributed by atoms with Crippen LogP contribution in [0.2, 0.25) is 0 Å². The fourth-order valence-corrected chi connectivity index (χ4v) is 5.51. The Balaban J connectivity index is 1.43. The van der Waals surface area contributed by atoms with Crippen LogP contribution in [0.5, 0.6) is 0 Å². The van der Waals surface area contributed by atoms with Crippen molar-refractivity contribution < 1.29 is 13.2 Å². The van der Waals surface area contributed by atoms with Crippen LogP contribution in [-0.2, 0) is 42.8 Å². The van der Waals surface area contributed by atoms with Crippen LogP contribution in [0.1, 0.15) is 35.1 Å². The maximum absolute atomic E-state index is 12.8. The Morgan fingerprint density at radius 1 is 1.03 bits per heavy atom. The van der Waals surface area contributed by atoms with E-state index in [0.717, 1.165) is 60.7 Å². The van der Waals surface area contributed by atoms with E-state index >= 15 is 0 Å². The third-order valence-corrected chi connectivity index (χ3v) is 7.30. The van der Waals surface area contributed by atoms with Crippen molar-refractivity contribution in [3.8, 4) is 0 Å². The zero-order valence-corrected chi connectivity index (χ0v) is 17.0. The molecule has 0 radical (unpaired) electrons. The third kappa shape index (κ3) is 3.07. The maximum atomic E-state index is 12.8. The van der Waals surface area contributed by atoms with Gasteiger partial charge in [0.05, 0.1) is 16.6 Å². The molecular formula is C21H22N4O3S. The summed E-state index contributed by atoms with van der Waals surface area (Å²) in [5, 5.41) is 7.83. The van der Waals surface area contributed by atoms with Crippen molar-refractivity contribution >= 4 is 32.6 Å². The molecule has 0 saturated heterocycles. The lowest BCUT2D eigenvalue weighted by atomic mass is 9.99. The van der Waals surface area contributed by atoms with Crippen molar-refractivity contribution in [1.82, 2.24) is 14.5 Å². The lowest BCUT2D eigenvalue weighted by Crippen LogP contribution is -2.35. The van der Waals surface area contributed by atoms with E-state index < -0.39 is 16.1 Å². The second-order valence-electron chi connectivity index (χ2n) is 7.78. The minimum absolute atomic E-state index is 0.0345. The number of hydrogen-bond donors (Lipinski definition) is 2. The monoisotopic (exact) mass is 410 g/mol. The molecular weight excluding hydrogens is 388 g/mol. The van der Waals surface area contributed by atoms with Gasteiger partial charge in [-0.25, -0.2) is 17.9 Å². The first-order chi connectivity index (χ1) is 13.9. The van der Waals surface area contributed by atoms with Gasteiger partial charge in [-0.2, -0.15) is 5.10 Å². The summed E-state index contributed by atoms with van der Waals surface area (Å²) in [6.07, 6.45) is 7.67. The molecule has 29 heavy (non-hydrogen) atoms. The van der Waals surface area contributed by atoms with Crippen molar-refractivity contribution in [2.45, 2.75) is 43.4 Å². The molecule has 0 unspecified atom stereocenters. The lowest BCUT2D eigenvalue weighted by Gasteiger charge is -2.16. The van der Waals surface area contributed by atoms with Gasteiger partial charge in [0, 0.05) is 18.1 Å². The quantitative estimate of drug-likeness (QED) is 0.694. The highest BCUT2D eigenvalue weighted by Crippen LogP contribution is 2.38. The summed E-state index contributed by atoms with van der Waals surface area (Å²) in [6, 6.07) is 6.25. The number of rotatable bonds is 3. The van der Waals surface area contributed by atoms with E-state index in [1.165, 1.54) is 23.3 Å². The highest BCUT2D eigenvalue weighted by molar-refractivity contribution is 7.90. The van der Waals surface area contributed by atoms with Crippen LogP contribution in [0.3, 0.4) is 0 Å². The maximum Gasteiger partial charge on any atom is 0.333 e. The number of sulfonamides is 1. The number of hydrogen-bond acceptors (Lipinski definition) is 4. The molecule has 2 amide bonds. The standard InChI is InChI=1S/C21H22N4O3S/c1-25-19-11-16(9-8-15(19)12-22-25)29(27,28)24-21(26)23-20-17-6-2-4-13(17)10-14-5-3-7-18(14)20/h8-12H,2-7H2,1H3,(H2,23,24,26). The second-order valence-corrected chi connectivity index (χ2v) is 9.46. The molecule has 3 aromatic rings. The van der Waals surface area contributed by atoms with Crippen LogP contribution in [-0.4, -0.2) is 24.2 Å². The van der Waals surface area contributed by atoms with Crippen LogP contribution in [0.15, 0.2) is 35.4 Å². The van der Waals surface area contributed by atoms with E-state index in [0.29, 0.717) is 5.52 Å². The Bertz CT molecular complexity index is 1230. The van der Waals surface area contributed by atoms with Gasteiger partial charge in [0.15, 0.2) is 0 Å². The first-order valence-electron chi connectivity index (χ1n) is 9.84. The number of aromatic nitrogens is 2. The number of nitrogens with one attached hydrogen (secondary N) is 2. The Labute approximate surface area is 169 Å². The van der Waals surface area contributed by atoms with Gasteiger partial charge < -0.3 is 5.32 Å². The topological polar surface area (TPSA) is 93.1 Å². The zero-order chi connectivity index (χ0) is 20.2. The number of carbonyl (C=O) groups is 1. The van der Waals surface area contributed by atoms with Gasteiger partial charge in [0.1, 0.15) is 0 Å². The minimum Gasteiger partial charge on any atom is -0.307 e. The predicted molar refractivity (Wildman–Crippen MR) is 111 cm³/mol. The average molecular weight is 410 g/mol. The third-order valence-electron chi connectivity index (χ3n) is 5.97. The Kier molecular flexibility index (Phi) is 4.13. The summed E-state index contributed by atoms with van der Waals surface area (Å²) in [6.45, 7) is 0. The molecule has 0 fully saturated rings. The van der Waals surface area contributed by atoms with E-state index in [9.17, 15) is 13.2 Å². The van der Waals surface area contributed by atoms with E-state index in [-0.39, 0.29) is 4.90 Å². The molecule has 7 nitrogen and oxygen atoms in total. The molecule has 2 aromatic carbocycles. The molecule has 5 rings (SSSR count). The molecule has 1 heterocycles. The number of carbonyl (C=O) groups excluding carboxylic acids is 1. The van der Waals surface area contributed by atoms with Gasteiger partial charge >= 0.3 is 6.03 Å². The van der Waals surface area contributed by atoms with Crippen molar-refractivity contribution in [3.63, 3.8) is 0 Å². The molecule has 150 valence electrons. The van der Waals surface area contributed by atoms with Crippen molar-refractivity contribution in [2.24, 2.45) is 7.05 Å². The normalized spacial score (nSPS) is 15.3. The van der Waals surface area contributed by atoms with Gasteiger partial charge in [-0.3, -0.25) is 4.68 Å². The Morgan fingerprint density at radius 3 is 2.41 bits per heavy atom. The van der Waals surface area contributed by atoms with Gasteiger partial charge in [-0.15, -0.1) is 0 Å². The minimum atomic E-state index is -4.00. The summed E-state index contributed by atoms with van der Waals surface area (Å²) in [7, 11) is -2.25. The number of aryl methyl sites for hydroxylation is 3. The van der Waals surface area contributed by atoms with E-state index in [1.54, 1.807) is 24.0 Å². The summed E-state index contributed by atoms with van der Waals surface area (Å²) < 4.78 is 29.3. The summed E-state index contributed by atoms with van der Waals surface area (Å²) >= 11 is 0. The molecule has 2 N–H and O–H groups in total. The highest BCUT2D eigenvalue weighted by Gasteiger charge is 2.26. The van der Waals surface area contributed by atoms with Crippen LogP contribution < -0.4 is 10.0 Å². The van der Waals surface area contributed by atoms with Crippen LogP contribution in [0, 0.1) is 0 Å². The van der Waals surface area contributed by atoms with Crippen molar-refractivity contribution in [3.05, 3.63) is 52.7 Å². The van der Waals surface area contributed by atoms with Gasteiger partial charge in [0.2, 0.25) is 0 Å².